The molecule has 1 aliphatic heterocycles. The molecule has 0 saturated heterocycles. The second-order valence-electron chi connectivity index (χ2n) is 6.29. The highest BCUT2D eigenvalue weighted by molar-refractivity contribution is 7.15. The van der Waals surface area contributed by atoms with Gasteiger partial charge in [-0.1, -0.05) is 46.7 Å². The van der Waals surface area contributed by atoms with Crippen molar-refractivity contribution in [3.63, 3.8) is 0 Å². The lowest BCUT2D eigenvalue weighted by Crippen LogP contribution is -2.24. The van der Waals surface area contributed by atoms with E-state index < -0.39 is 0 Å². The van der Waals surface area contributed by atoms with Crippen LogP contribution in [0.3, 0.4) is 0 Å². The van der Waals surface area contributed by atoms with Crippen molar-refractivity contribution in [3.05, 3.63) is 73.7 Å². The molecule has 2 N–H and O–H groups in total. The van der Waals surface area contributed by atoms with Gasteiger partial charge in [0.25, 0.3) is 5.91 Å². The third kappa shape index (κ3) is 4.82. The Hall–Kier alpha value is -1.70. The van der Waals surface area contributed by atoms with Gasteiger partial charge in [0.1, 0.15) is 5.01 Å². The van der Waals surface area contributed by atoms with Crippen molar-refractivity contribution in [2.24, 2.45) is 0 Å². The minimum Gasteiger partial charge on any atom is -0.312 e. The van der Waals surface area contributed by atoms with E-state index in [0.29, 0.717) is 27.2 Å². The molecule has 0 unspecified atom stereocenters. The highest BCUT2D eigenvalue weighted by Crippen LogP contribution is 2.25. The van der Waals surface area contributed by atoms with Gasteiger partial charge in [0, 0.05) is 18.5 Å². The van der Waals surface area contributed by atoms with Crippen molar-refractivity contribution >= 4 is 58.0 Å². The van der Waals surface area contributed by atoms with Crippen molar-refractivity contribution < 1.29 is 4.79 Å². The van der Waals surface area contributed by atoms with Gasteiger partial charge in [-0.2, -0.15) is 0 Å². The third-order valence-corrected chi connectivity index (χ3v) is 5.96. The maximum absolute atomic E-state index is 12.5. The summed E-state index contributed by atoms with van der Waals surface area (Å²) in [6.07, 6.45) is 1.51. The van der Waals surface area contributed by atoms with Crippen LogP contribution >= 0.6 is 46.9 Å². The Bertz CT molecular complexity index is 1010. The van der Waals surface area contributed by atoms with Gasteiger partial charge >= 0.3 is 0 Å². The van der Waals surface area contributed by atoms with Crippen LogP contribution in [0.15, 0.2) is 36.4 Å². The fourth-order valence-corrected chi connectivity index (χ4v) is 4.08. The molecule has 4 rings (SSSR count). The van der Waals surface area contributed by atoms with E-state index in [-0.39, 0.29) is 18.3 Å². The van der Waals surface area contributed by atoms with E-state index >= 15 is 0 Å². The zero-order valence-corrected chi connectivity index (χ0v) is 17.8. The second kappa shape index (κ2) is 9.20. The number of halogens is 3. The number of anilines is 1. The highest BCUT2D eigenvalue weighted by atomic mass is 35.5. The summed E-state index contributed by atoms with van der Waals surface area (Å²) >= 11 is 13.3. The standard InChI is InChI=1S/C19H16Cl2N4OS.ClH/c20-15-4-1-11(7-16(15)21)8-17-24-25-19(27-17)23-18(26)13-2-3-14-10-22-6-5-12(14)9-13;/h1-4,7,9,22H,5-6,8,10H2,(H,23,25,26);1H. The van der Waals surface area contributed by atoms with Gasteiger partial charge in [-0.3, -0.25) is 10.1 Å². The Morgan fingerprint density at radius 1 is 1.11 bits per heavy atom. The van der Waals surface area contributed by atoms with E-state index in [0.717, 1.165) is 30.1 Å². The van der Waals surface area contributed by atoms with Gasteiger partial charge < -0.3 is 5.32 Å². The number of hydrogen-bond donors (Lipinski definition) is 2. The molecule has 2 heterocycles. The van der Waals surface area contributed by atoms with Gasteiger partial charge in [0.05, 0.1) is 10.0 Å². The summed E-state index contributed by atoms with van der Waals surface area (Å²) in [7, 11) is 0. The molecule has 1 aromatic heterocycles. The van der Waals surface area contributed by atoms with E-state index in [1.807, 2.05) is 30.3 Å². The van der Waals surface area contributed by atoms with Crippen LogP contribution in [0, 0.1) is 0 Å². The number of nitrogens with one attached hydrogen (secondary N) is 2. The normalized spacial score (nSPS) is 12.8. The van der Waals surface area contributed by atoms with Gasteiger partial charge in [0.15, 0.2) is 0 Å². The molecule has 2 aromatic carbocycles. The SMILES string of the molecule is Cl.O=C(Nc1nnc(Cc2ccc(Cl)c(Cl)c2)s1)c1ccc2c(c1)CCNC2. The van der Waals surface area contributed by atoms with Crippen LogP contribution in [0.25, 0.3) is 0 Å². The summed E-state index contributed by atoms with van der Waals surface area (Å²) in [5, 5.41) is 16.7. The van der Waals surface area contributed by atoms with E-state index in [1.165, 1.54) is 22.5 Å². The average molecular weight is 456 g/mol. The number of carbonyl (C=O) groups is 1. The largest absolute Gasteiger partial charge is 0.312 e. The lowest BCUT2D eigenvalue weighted by Gasteiger charge is -2.17. The summed E-state index contributed by atoms with van der Waals surface area (Å²) in [5.74, 6) is -0.173. The monoisotopic (exact) mass is 454 g/mol. The maximum Gasteiger partial charge on any atom is 0.257 e. The summed E-state index contributed by atoms with van der Waals surface area (Å²) in [6.45, 7) is 1.79. The van der Waals surface area contributed by atoms with Gasteiger partial charge in [-0.25, -0.2) is 0 Å². The zero-order valence-electron chi connectivity index (χ0n) is 14.7. The van der Waals surface area contributed by atoms with E-state index in [9.17, 15) is 4.79 Å². The molecule has 28 heavy (non-hydrogen) atoms. The number of nitrogens with zero attached hydrogens (tertiary/aromatic N) is 2. The fourth-order valence-electron chi connectivity index (χ4n) is 2.99. The molecule has 1 amide bonds. The van der Waals surface area contributed by atoms with Crippen LogP contribution in [0.1, 0.15) is 32.1 Å². The molecule has 0 saturated carbocycles. The minimum absolute atomic E-state index is 0. The molecule has 146 valence electrons. The first kappa shape index (κ1) is 21.0. The number of rotatable bonds is 4. The quantitative estimate of drug-likeness (QED) is 0.595. The Morgan fingerprint density at radius 3 is 2.79 bits per heavy atom. The van der Waals surface area contributed by atoms with E-state index in [1.54, 1.807) is 6.07 Å². The van der Waals surface area contributed by atoms with Crippen LogP contribution in [-0.4, -0.2) is 22.6 Å². The molecule has 9 heteroatoms. The van der Waals surface area contributed by atoms with Gasteiger partial charge in [-0.05, 0) is 53.9 Å². The molecule has 0 spiro atoms. The Labute approximate surface area is 182 Å². The summed E-state index contributed by atoms with van der Waals surface area (Å²) in [5.41, 5.74) is 4.09. The first-order valence-corrected chi connectivity index (χ1v) is 10.1. The molecule has 0 fully saturated rings. The third-order valence-electron chi connectivity index (χ3n) is 4.38. The lowest BCUT2D eigenvalue weighted by atomic mass is 9.98. The molecule has 0 radical (unpaired) electrons. The predicted octanol–water partition coefficient (Wildman–Crippen LogP) is 4.76. The van der Waals surface area contributed by atoms with Crippen molar-refractivity contribution in [2.75, 3.05) is 11.9 Å². The van der Waals surface area contributed by atoms with Crippen molar-refractivity contribution in [1.29, 1.82) is 0 Å². The first-order chi connectivity index (χ1) is 13.1. The molecule has 0 aliphatic carbocycles. The summed E-state index contributed by atoms with van der Waals surface area (Å²) in [4.78, 5) is 12.5. The number of fused-ring (bicyclic) bond motifs is 1. The molecule has 0 bridgehead atoms. The Morgan fingerprint density at radius 2 is 1.96 bits per heavy atom. The predicted molar refractivity (Wildman–Crippen MR) is 116 cm³/mol. The zero-order chi connectivity index (χ0) is 18.8. The second-order valence-corrected chi connectivity index (χ2v) is 8.17. The average Bonchev–Trinajstić information content (AvgIpc) is 3.11. The van der Waals surface area contributed by atoms with Crippen LogP contribution in [0.5, 0.6) is 0 Å². The summed E-state index contributed by atoms with van der Waals surface area (Å²) in [6, 6.07) is 11.3. The molecular formula is C19H17Cl3N4OS. The summed E-state index contributed by atoms with van der Waals surface area (Å²) < 4.78 is 0. The van der Waals surface area contributed by atoms with Gasteiger partial charge in [-0.15, -0.1) is 22.6 Å². The molecular weight excluding hydrogens is 439 g/mol. The molecule has 1 aliphatic rings. The highest BCUT2D eigenvalue weighted by Gasteiger charge is 2.14. The van der Waals surface area contributed by atoms with Crippen LogP contribution in [0.4, 0.5) is 5.13 Å². The van der Waals surface area contributed by atoms with Crippen LogP contribution in [-0.2, 0) is 19.4 Å². The number of carbonyl (C=O) groups excluding carboxylic acids is 1. The van der Waals surface area contributed by atoms with E-state index in [4.69, 9.17) is 23.2 Å². The first-order valence-electron chi connectivity index (χ1n) is 8.48. The molecule has 0 atom stereocenters. The van der Waals surface area contributed by atoms with Crippen molar-refractivity contribution in [2.45, 2.75) is 19.4 Å². The Kier molecular flexibility index (Phi) is 6.91. The molecule has 5 nitrogen and oxygen atoms in total. The van der Waals surface area contributed by atoms with E-state index in [2.05, 4.69) is 20.8 Å². The van der Waals surface area contributed by atoms with Crippen molar-refractivity contribution in [1.82, 2.24) is 15.5 Å². The lowest BCUT2D eigenvalue weighted by molar-refractivity contribution is 0.102. The van der Waals surface area contributed by atoms with Crippen molar-refractivity contribution in [3.8, 4) is 0 Å². The number of amides is 1. The molecule has 3 aromatic rings. The van der Waals surface area contributed by atoms with Crippen LogP contribution in [0.2, 0.25) is 10.0 Å². The Balaban J connectivity index is 0.00000225. The topological polar surface area (TPSA) is 66.9 Å². The van der Waals surface area contributed by atoms with Crippen LogP contribution < -0.4 is 10.6 Å². The smallest absolute Gasteiger partial charge is 0.257 e. The number of hydrogen-bond acceptors (Lipinski definition) is 5. The minimum atomic E-state index is -0.173. The maximum atomic E-state index is 12.5. The number of aromatic nitrogens is 2. The fraction of sp³-hybridized carbons (Fsp3) is 0.211. The number of benzene rings is 2. The van der Waals surface area contributed by atoms with Gasteiger partial charge in [0.2, 0.25) is 5.13 Å².